The molecule has 4 atom stereocenters. The van der Waals surface area contributed by atoms with Crippen molar-refractivity contribution in [2.24, 2.45) is 0 Å². The van der Waals surface area contributed by atoms with Crippen molar-refractivity contribution in [1.29, 1.82) is 0 Å². The molecule has 4 N–H and O–H groups in total. The normalized spacial score (nSPS) is 32.8. The highest BCUT2D eigenvalue weighted by molar-refractivity contribution is 6.32. The zero-order valence-electron chi connectivity index (χ0n) is 10.3. The first-order valence-corrected chi connectivity index (χ1v) is 6.05. The van der Waals surface area contributed by atoms with E-state index in [0.29, 0.717) is 4.57 Å². The van der Waals surface area contributed by atoms with Gasteiger partial charge in [-0.05, 0) is 0 Å². The van der Waals surface area contributed by atoms with Gasteiger partial charge in [-0.1, -0.05) is 11.6 Å². The number of aliphatic hydroxyl groups excluding tert-OH is 2. The Balaban J connectivity index is 2.47. The summed E-state index contributed by atoms with van der Waals surface area (Å²) in [5.74, 6) is -0.325. The third-order valence-corrected chi connectivity index (χ3v) is 3.53. The number of nitrogens with two attached hydrogens (primary N) is 1. The van der Waals surface area contributed by atoms with Crippen LogP contribution in [-0.4, -0.2) is 50.7 Å². The van der Waals surface area contributed by atoms with E-state index < -0.39 is 42.8 Å². The van der Waals surface area contributed by atoms with Gasteiger partial charge < -0.3 is 20.7 Å². The Labute approximate surface area is 120 Å². The van der Waals surface area contributed by atoms with Crippen LogP contribution in [0.15, 0.2) is 11.0 Å². The van der Waals surface area contributed by atoms with Crippen molar-refractivity contribution >= 4 is 17.4 Å². The fourth-order valence-corrected chi connectivity index (χ4v) is 2.16. The molecule has 0 amide bonds. The molecule has 0 aromatic carbocycles. The molecule has 1 aliphatic rings. The summed E-state index contributed by atoms with van der Waals surface area (Å²) >= 11 is 5.63. The molecular formula is C10H11ClF3N3O4. The molecule has 2 heterocycles. The molecule has 21 heavy (non-hydrogen) atoms. The molecule has 7 nitrogen and oxygen atoms in total. The first-order valence-electron chi connectivity index (χ1n) is 5.67. The second-order valence-corrected chi connectivity index (χ2v) is 4.88. The molecule has 118 valence electrons. The number of aliphatic hydroxyl groups is 2. The van der Waals surface area contributed by atoms with Gasteiger partial charge in [-0.25, -0.2) is 18.0 Å². The lowest BCUT2D eigenvalue weighted by molar-refractivity contribution is -0.195. The van der Waals surface area contributed by atoms with Gasteiger partial charge in [-0.2, -0.15) is 4.98 Å². The van der Waals surface area contributed by atoms with Crippen molar-refractivity contribution in [3.05, 3.63) is 21.7 Å². The van der Waals surface area contributed by atoms with Gasteiger partial charge in [0.1, 0.15) is 11.9 Å². The van der Waals surface area contributed by atoms with Crippen molar-refractivity contribution in [1.82, 2.24) is 9.55 Å². The van der Waals surface area contributed by atoms with E-state index in [4.69, 9.17) is 27.2 Å². The maximum absolute atomic E-state index is 14.0. The van der Waals surface area contributed by atoms with Gasteiger partial charge in [0, 0.05) is 6.20 Å². The number of nitrogen functional groups attached to an aromatic ring is 1. The van der Waals surface area contributed by atoms with Crippen LogP contribution < -0.4 is 11.4 Å². The number of alkyl halides is 3. The molecule has 0 saturated carbocycles. The van der Waals surface area contributed by atoms with Crippen LogP contribution in [0.5, 0.6) is 0 Å². The van der Waals surface area contributed by atoms with Crippen LogP contribution in [0.4, 0.5) is 19.0 Å². The highest BCUT2D eigenvalue weighted by Gasteiger charge is 2.61. The minimum atomic E-state index is -3.38. The second kappa shape index (κ2) is 5.44. The summed E-state index contributed by atoms with van der Waals surface area (Å²) in [6, 6.07) is 0. The summed E-state index contributed by atoms with van der Waals surface area (Å²) in [6.07, 6.45) is -9.18. The van der Waals surface area contributed by atoms with Gasteiger partial charge in [0.05, 0.1) is 11.6 Å². The van der Waals surface area contributed by atoms with Gasteiger partial charge >= 0.3 is 5.69 Å². The summed E-state index contributed by atoms with van der Waals surface area (Å²) in [5.41, 5.74) is 1.34. The Kier molecular flexibility index (Phi) is 4.15. The fraction of sp³-hybridized carbons (Fsp3) is 0.600. The minimum absolute atomic E-state index is 0.224. The predicted molar refractivity (Wildman–Crippen MR) is 64.8 cm³/mol. The Morgan fingerprint density at radius 2 is 2.24 bits per heavy atom. The van der Waals surface area contributed by atoms with E-state index in [1.165, 1.54) is 0 Å². The van der Waals surface area contributed by atoms with Crippen LogP contribution in [-0.2, 0) is 4.74 Å². The van der Waals surface area contributed by atoms with Crippen molar-refractivity contribution < 1.29 is 28.1 Å². The molecule has 0 aliphatic carbocycles. The number of hydrogen-bond acceptors (Lipinski definition) is 6. The van der Waals surface area contributed by atoms with Gasteiger partial charge in [0.25, 0.3) is 6.43 Å². The number of halogens is 4. The maximum Gasteiger partial charge on any atom is 0.351 e. The van der Waals surface area contributed by atoms with Gasteiger partial charge in [0.2, 0.25) is 0 Å². The smallest absolute Gasteiger partial charge is 0.351 e. The van der Waals surface area contributed by atoms with Crippen LogP contribution in [0.1, 0.15) is 6.23 Å². The molecule has 2 rings (SSSR count). The number of rotatable bonds is 3. The molecule has 11 heteroatoms. The van der Waals surface area contributed by atoms with E-state index in [2.05, 4.69) is 4.98 Å². The Morgan fingerprint density at radius 1 is 1.62 bits per heavy atom. The highest BCUT2D eigenvalue weighted by Crippen LogP contribution is 2.42. The average Bonchev–Trinajstić information content (AvgIpc) is 2.68. The number of anilines is 1. The lowest BCUT2D eigenvalue weighted by Crippen LogP contribution is -2.51. The summed E-state index contributed by atoms with van der Waals surface area (Å²) in [7, 11) is 0. The fourth-order valence-electron chi connectivity index (χ4n) is 2.02. The summed E-state index contributed by atoms with van der Waals surface area (Å²) in [4.78, 5) is 14.9. The van der Waals surface area contributed by atoms with Crippen LogP contribution >= 0.6 is 11.6 Å². The Hall–Kier alpha value is -1.36. The topological polar surface area (TPSA) is 111 Å². The maximum atomic E-state index is 14.0. The monoisotopic (exact) mass is 329 g/mol. The van der Waals surface area contributed by atoms with Gasteiger partial charge in [-0.15, -0.1) is 0 Å². The van der Waals surface area contributed by atoms with Crippen molar-refractivity contribution in [3.63, 3.8) is 0 Å². The second-order valence-electron chi connectivity index (χ2n) is 4.48. The molecule has 1 fully saturated rings. The van der Waals surface area contributed by atoms with E-state index >= 15 is 0 Å². The van der Waals surface area contributed by atoms with Crippen LogP contribution in [0.3, 0.4) is 0 Å². The number of hydrogen-bond donors (Lipinski definition) is 3. The zero-order chi connectivity index (χ0) is 15.9. The summed E-state index contributed by atoms with van der Waals surface area (Å²) in [5, 5.41) is 18.4. The molecule has 1 saturated heterocycles. The highest BCUT2D eigenvalue weighted by atomic mass is 35.5. The van der Waals surface area contributed by atoms with Crippen molar-refractivity contribution in [3.8, 4) is 0 Å². The first-order chi connectivity index (χ1) is 9.74. The van der Waals surface area contributed by atoms with Gasteiger partial charge in [-0.3, -0.25) is 4.57 Å². The number of aromatic nitrogens is 2. The molecule has 0 bridgehead atoms. The van der Waals surface area contributed by atoms with Crippen molar-refractivity contribution in [2.75, 3.05) is 12.3 Å². The van der Waals surface area contributed by atoms with Crippen LogP contribution in [0.25, 0.3) is 0 Å². The molecule has 0 spiro atoms. The third-order valence-electron chi connectivity index (χ3n) is 3.24. The van der Waals surface area contributed by atoms with E-state index in [0.717, 1.165) is 6.20 Å². The SMILES string of the molecule is Nc1nc(=O)n([C@@H]2O[C@@](CO)(C(F)F)[C@@H](O)C2F)cc1Cl. The molecule has 1 aliphatic heterocycles. The molecule has 1 aromatic rings. The molecule has 1 unspecified atom stereocenters. The molecule has 0 radical (unpaired) electrons. The first kappa shape index (κ1) is 16.0. The summed E-state index contributed by atoms with van der Waals surface area (Å²) in [6.45, 7) is -1.34. The van der Waals surface area contributed by atoms with E-state index in [9.17, 15) is 23.1 Å². The average molecular weight is 330 g/mol. The van der Waals surface area contributed by atoms with Crippen LogP contribution in [0.2, 0.25) is 5.02 Å². The Morgan fingerprint density at radius 3 is 2.71 bits per heavy atom. The third kappa shape index (κ3) is 2.37. The van der Waals surface area contributed by atoms with Crippen LogP contribution in [0, 0.1) is 0 Å². The zero-order valence-corrected chi connectivity index (χ0v) is 11.0. The molecular weight excluding hydrogens is 319 g/mol. The standard InChI is InChI=1S/C10H11ClF3N3O4/c11-3-1-17(9(20)16-6(3)15)7-4(12)5(19)10(2-18,21-7)8(13)14/h1,4-5,7-8,18-19H,2H2,(H2,15,16,20)/t4?,5-,7+,10+/m0/s1. The van der Waals surface area contributed by atoms with E-state index in [1.807, 2.05) is 0 Å². The lowest BCUT2D eigenvalue weighted by atomic mass is 9.97. The van der Waals surface area contributed by atoms with E-state index in [-0.39, 0.29) is 10.8 Å². The number of ether oxygens (including phenoxy) is 1. The Bertz CT molecular complexity index is 601. The predicted octanol–water partition coefficient (Wildman–Crippen LogP) is -0.297. The summed E-state index contributed by atoms with van der Waals surface area (Å²) < 4.78 is 45.3. The van der Waals surface area contributed by atoms with Gasteiger partial charge in [0.15, 0.2) is 18.0 Å². The van der Waals surface area contributed by atoms with Crippen molar-refractivity contribution in [2.45, 2.75) is 30.5 Å². The quantitative estimate of drug-likeness (QED) is 0.702. The number of nitrogens with zero attached hydrogens (tertiary/aromatic N) is 2. The molecule has 1 aromatic heterocycles. The lowest BCUT2D eigenvalue weighted by Gasteiger charge is -2.28. The van der Waals surface area contributed by atoms with E-state index in [1.54, 1.807) is 0 Å². The minimum Gasteiger partial charge on any atom is -0.393 e. The largest absolute Gasteiger partial charge is 0.393 e.